The summed E-state index contributed by atoms with van der Waals surface area (Å²) in [7, 11) is 0. The van der Waals surface area contributed by atoms with Gasteiger partial charge in [0.25, 0.3) is 0 Å². The van der Waals surface area contributed by atoms with Crippen LogP contribution in [0.25, 0.3) is 0 Å². The number of hydrogen-bond donors (Lipinski definition) is 1. The Hall–Kier alpha value is -0.570. The van der Waals surface area contributed by atoms with E-state index in [0.29, 0.717) is 12.5 Å². The van der Waals surface area contributed by atoms with Gasteiger partial charge in [-0.1, -0.05) is 6.92 Å². The first-order chi connectivity index (χ1) is 6.70. The molecule has 3 nitrogen and oxygen atoms in total. The van der Waals surface area contributed by atoms with Crippen LogP contribution in [-0.2, 0) is 9.53 Å². The van der Waals surface area contributed by atoms with Crippen molar-refractivity contribution in [2.24, 2.45) is 17.3 Å². The zero-order valence-corrected chi connectivity index (χ0v) is 9.01. The highest BCUT2D eigenvalue weighted by Crippen LogP contribution is 2.53. The van der Waals surface area contributed by atoms with Gasteiger partial charge >= 0.3 is 5.97 Å². The molecule has 3 unspecified atom stereocenters. The van der Waals surface area contributed by atoms with E-state index in [4.69, 9.17) is 4.74 Å². The Morgan fingerprint density at radius 2 is 2.43 bits per heavy atom. The minimum Gasteiger partial charge on any atom is -0.466 e. The molecule has 1 heterocycles. The van der Waals surface area contributed by atoms with Crippen molar-refractivity contribution in [2.45, 2.75) is 26.7 Å². The molecule has 2 aliphatic rings. The summed E-state index contributed by atoms with van der Waals surface area (Å²) < 4.78 is 5.13. The molecule has 2 rings (SSSR count). The number of hydrogen-bond acceptors (Lipinski definition) is 3. The van der Waals surface area contributed by atoms with Crippen LogP contribution in [0.2, 0.25) is 0 Å². The molecule has 1 N–H and O–H groups in total. The van der Waals surface area contributed by atoms with Gasteiger partial charge in [-0.2, -0.15) is 0 Å². The van der Waals surface area contributed by atoms with Gasteiger partial charge < -0.3 is 10.1 Å². The van der Waals surface area contributed by atoms with Crippen LogP contribution in [0.4, 0.5) is 0 Å². The van der Waals surface area contributed by atoms with Crippen molar-refractivity contribution in [1.29, 1.82) is 0 Å². The number of ether oxygens (including phenoxy) is 1. The van der Waals surface area contributed by atoms with Crippen molar-refractivity contribution in [1.82, 2.24) is 5.32 Å². The maximum absolute atomic E-state index is 11.7. The minimum absolute atomic E-state index is 0.00375. The molecule has 0 radical (unpaired) electrons. The first-order valence-corrected chi connectivity index (χ1v) is 5.58. The van der Waals surface area contributed by atoms with Crippen LogP contribution in [0.5, 0.6) is 0 Å². The third-order valence-electron chi connectivity index (χ3n) is 4.09. The fraction of sp³-hybridized carbons (Fsp3) is 0.909. The van der Waals surface area contributed by atoms with Gasteiger partial charge in [-0.05, 0) is 31.1 Å². The van der Waals surface area contributed by atoms with Crippen molar-refractivity contribution in [3.8, 4) is 0 Å². The van der Waals surface area contributed by atoms with Crippen molar-refractivity contribution in [2.75, 3.05) is 19.7 Å². The van der Waals surface area contributed by atoms with Gasteiger partial charge in [-0.15, -0.1) is 0 Å². The standard InChI is InChI=1S/C11H19NO2/c1-3-14-10(13)9-6-12-7-11(9)5-4-8(11)2/h8-9,12H,3-7H2,1-2H3. The Bertz CT molecular complexity index is 241. The van der Waals surface area contributed by atoms with Gasteiger partial charge in [0.05, 0.1) is 12.5 Å². The van der Waals surface area contributed by atoms with E-state index in [2.05, 4.69) is 12.2 Å². The lowest BCUT2D eigenvalue weighted by atomic mass is 9.56. The van der Waals surface area contributed by atoms with Crippen LogP contribution >= 0.6 is 0 Å². The van der Waals surface area contributed by atoms with Gasteiger partial charge in [0.15, 0.2) is 0 Å². The summed E-state index contributed by atoms with van der Waals surface area (Å²) in [6, 6.07) is 0. The number of rotatable bonds is 2. The number of carbonyl (C=O) groups is 1. The van der Waals surface area contributed by atoms with Gasteiger partial charge in [0.2, 0.25) is 0 Å². The first kappa shape index (κ1) is 9.97. The molecule has 2 fully saturated rings. The minimum atomic E-state index is 0.00375. The molecule has 0 aromatic heterocycles. The van der Waals surface area contributed by atoms with Gasteiger partial charge in [0, 0.05) is 13.1 Å². The second-order valence-corrected chi connectivity index (χ2v) is 4.61. The molecule has 1 aliphatic carbocycles. The summed E-state index contributed by atoms with van der Waals surface area (Å²) in [4.78, 5) is 11.7. The SMILES string of the molecule is CCOC(=O)C1CNCC12CCC2C. The summed E-state index contributed by atoms with van der Waals surface area (Å²) in [5, 5.41) is 3.33. The lowest BCUT2D eigenvalue weighted by Crippen LogP contribution is -2.48. The fourth-order valence-electron chi connectivity index (χ4n) is 2.92. The topological polar surface area (TPSA) is 38.3 Å². The van der Waals surface area contributed by atoms with E-state index < -0.39 is 0 Å². The molecule has 1 spiro atoms. The normalized spacial score (nSPS) is 41.0. The quantitative estimate of drug-likeness (QED) is 0.676. The average molecular weight is 197 g/mol. The van der Waals surface area contributed by atoms with E-state index in [1.54, 1.807) is 0 Å². The van der Waals surface area contributed by atoms with Crippen LogP contribution in [0, 0.1) is 17.3 Å². The summed E-state index contributed by atoms with van der Waals surface area (Å²) in [6.07, 6.45) is 2.45. The smallest absolute Gasteiger partial charge is 0.310 e. The van der Waals surface area contributed by atoms with Crippen LogP contribution < -0.4 is 5.32 Å². The van der Waals surface area contributed by atoms with Crippen molar-refractivity contribution < 1.29 is 9.53 Å². The molecule has 1 saturated carbocycles. The summed E-state index contributed by atoms with van der Waals surface area (Å²) >= 11 is 0. The molecule has 14 heavy (non-hydrogen) atoms. The molecule has 1 saturated heterocycles. The second-order valence-electron chi connectivity index (χ2n) is 4.61. The molecular formula is C11H19NO2. The Labute approximate surface area is 85.2 Å². The highest BCUT2D eigenvalue weighted by molar-refractivity contribution is 5.74. The maximum atomic E-state index is 11.7. The van der Waals surface area contributed by atoms with E-state index in [1.165, 1.54) is 12.8 Å². The molecule has 80 valence electrons. The summed E-state index contributed by atoms with van der Waals surface area (Å²) in [5.74, 6) is 0.780. The Morgan fingerprint density at radius 3 is 2.93 bits per heavy atom. The fourth-order valence-corrected chi connectivity index (χ4v) is 2.92. The third-order valence-corrected chi connectivity index (χ3v) is 4.09. The largest absolute Gasteiger partial charge is 0.466 e. The Morgan fingerprint density at radius 1 is 1.64 bits per heavy atom. The van der Waals surface area contributed by atoms with Crippen LogP contribution in [0.3, 0.4) is 0 Å². The third kappa shape index (κ3) is 1.26. The van der Waals surface area contributed by atoms with Crippen LogP contribution in [-0.4, -0.2) is 25.7 Å². The highest BCUT2D eigenvalue weighted by atomic mass is 16.5. The first-order valence-electron chi connectivity index (χ1n) is 5.58. The highest BCUT2D eigenvalue weighted by Gasteiger charge is 2.55. The van der Waals surface area contributed by atoms with E-state index in [-0.39, 0.29) is 17.3 Å². The van der Waals surface area contributed by atoms with Crippen LogP contribution in [0.1, 0.15) is 26.7 Å². The zero-order valence-electron chi connectivity index (χ0n) is 9.01. The summed E-state index contributed by atoms with van der Waals surface area (Å²) in [6.45, 7) is 6.43. The van der Waals surface area contributed by atoms with Crippen molar-refractivity contribution >= 4 is 5.97 Å². The van der Waals surface area contributed by atoms with Crippen LogP contribution in [0.15, 0.2) is 0 Å². The molecular weight excluding hydrogens is 178 g/mol. The van der Waals surface area contributed by atoms with E-state index >= 15 is 0 Å². The number of nitrogens with one attached hydrogen (secondary N) is 1. The molecule has 0 aromatic rings. The van der Waals surface area contributed by atoms with Gasteiger partial charge in [-0.25, -0.2) is 0 Å². The molecule has 0 amide bonds. The Kier molecular flexibility index (Phi) is 2.52. The predicted molar refractivity (Wildman–Crippen MR) is 53.8 cm³/mol. The lowest BCUT2D eigenvalue weighted by Gasteiger charge is -2.48. The molecule has 3 heteroatoms. The van der Waals surface area contributed by atoms with Crippen molar-refractivity contribution in [3.63, 3.8) is 0 Å². The zero-order chi connectivity index (χ0) is 10.2. The second kappa shape index (κ2) is 3.54. The van der Waals surface area contributed by atoms with E-state index in [9.17, 15) is 4.79 Å². The lowest BCUT2D eigenvalue weighted by molar-refractivity contribution is -0.155. The van der Waals surface area contributed by atoms with E-state index in [0.717, 1.165) is 13.1 Å². The number of esters is 1. The average Bonchev–Trinajstić information content (AvgIpc) is 2.62. The molecule has 0 aromatic carbocycles. The Balaban J connectivity index is 2.07. The maximum Gasteiger partial charge on any atom is 0.310 e. The monoisotopic (exact) mass is 197 g/mol. The van der Waals surface area contributed by atoms with Gasteiger partial charge in [-0.3, -0.25) is 4.79 Å². The molecule has 1 aliphatic heterocycles. The molecule has 3 atom stereocenters. The van der Waals surface area contributed by atoms with Gasteiger partial charge in [0.1, 0.15) is 0 Å². The van der Waals surface area contributed by atoms with Crippen molar-refractivity contribution in [3.05, 3.63) is 0 Å². The number of carbonyl (C=O) groups excluding carboxylic acids is 1. The van der Waals surface area contributed by atoms with E-state index in [1.807, 2.05) is 6.92 Å². The molecule has 0 bridgehead atoms. The predicted octanol–water partition coefficient (Wildman–Crippen LogP) is 1.19. The summed E-state index contributed by atoms with van der Waals surface area (Å²) in [5.41, 5.74) is 0.228.